The lowest BCUT2D eigenvalue weighted by molar-refractivity contribution is -0.137. The number of fused-ring (bicyclic) bond motifs is 1. The van der Waals surface area contributed by atoms with E-state index in [0.29, 0.717) is 15.7 Å². The Hall–Kier alpha value is -3.12. The van der Waals surface area contributed by atoms with Crippen molar-refractivity contribution in [1.29, 1.82) is 0 Å². The molecule has 2 N–H and O–H groups in total. The highest BCUT2D eigenvalue weighted by molar-refractivity contribution is 8.01. The van der Waals surface area contributed by atoms with Crippen LogP contribution in [0.1, 0.15) is 18.9 Å². The molecule has 12 heteroatoms. The summed E-state index contributed by atoms with van der Waals surface area (Å²) in [6.45, 7) is 1.80. The second-order valence-electron chi connectivity index (χ2n) is 7.21. The number of thioether (sulfide) groups is 1. The summed E-state index contributed by atoms with van der Waals surface area (Å²) < 4.78 is 40.0. The highest BCUT2D eigenvalue weighted by atomic mass is 32.2. The average molecular weight is 494 g/mol. The molecule has 0 saturated heterocycles. The number of hydrogen-bond acceptors (Lipinski definition) is 7. The van der Waals surface area contributed by atoms with Gasteiger partial charge in [-0.3, -0.25) is 9.59 Å². The van der Waals surface area contributed by atoms with E-state index in [1.54, 1.807) is 36.1 Å². The van der Waals surface area contributed by atoms with Crippen molar-refractivity contribution in [2.75, 3.05) is 21.3 Å². The van der Waals surface area contributed by atoms with Crippen LogP contribution in [-0.2, 0) is 15.8 Å². The maximum absolute atomic E-state index is 13.2. The van der Waals surface area contributed by atoms with Gasteiger partial charge in [0, 0.05) is 12.5 Å². The number of nitrogens with zero attached hydrogens (tertiary/aromatic N) is 3. The summed E-state index contributed by atoms with van der Waals surface area (Å²) in [7, 11) is 0. The number of alkyl halides is 3. The summed E-state index contributed by atoms with van der Waals surface area (Å²) in [6.07, 6.45) is -4.34. The molecular formula is C21H18F3N5O2S2. The van der Waals surface area contributed by atoms with Crippen molar-refractivity contribution >= 4 is 57.1 Å². The van der Waals surface area contributed by atoms with Crippen molar-refractivity contribution in [3.63, 3.8) is 0 Å². The van der Waals surface area contributed by atoms with Gasteiger partial charge < -0.3 is 15.5 Å². The average Bonchev–Trinajstić information content (AvgIpc) is 3.15. The van der Waals surface area contributed by atoms with E-state index < -0.39 is 11.7 Å². The predicted octanol–water partition coefficient (Wildman–Crippen LogP) is 5.16. The molecule has 0 saturated carbocycles. The Morgan fingerprint density at radius 2 is 1.94 bits per heavy atom. The number of anilines is 4. The highest BCUT2D eigenvalue weighted by Gasteiger charge is 2.33. The highest BCUT2D eigenvalue weighted by Crippen LogP contribution is 2.37. The first-order chi connectivity index (χ1) is 15.7. The monoisotopic (exact) mass is 493 g/mol. The zero-order chi connectivity index (χ0) is 23.6. The number of para-hydroxylation sites is 3. The first-order valence-electron chi connectivity index (χ1n) is 9.83. The van der Waals surface area contributed by atoms with Crippen LogP contribution in [0.25, 0.3) is 0 Å². The standard InChI is InChI=1S/C21H18F3N5O2S2/c1-12-10-17(30)25-15-8-4-5-9-16(15)29(12)18(31)11-32-20-28-27-19(33-20)26-14-7-3-2-6-13(14)21(22,23)24/h2-9,12H,10-11H2,1H3,(H,25,30)(H,26,27)/t12-/m1/s1. The van der Waals surface area contributed by atoms with E-state index in [2.05, 4.69) is 20.8 Å². The Kier molecular flexibility index (Phi) is 6.56. The first kappa shape index (κ1) is 23.1. The Balaban J connectivity index is 1.45. The van der Waals surface area contributed by atoms with Crippen LogP contribution in [0.3, 0.4) is 0 Å². The summed E-state index contributed by atoms with van der Waals surface area (Å²) in [6, 6.07) is 11.8. The van der Waals surface area contributed by atoms with E-state index in [1.807, 2.05) is 0 Å². The van der Waals surface area contributed by atoms with Gasteiger partial charge in [0.1, 0.15) is 0 Å². The maximum atomic E-state index is 13.2. The van der Waals surface area contributed by atoms with Gasteiger partial charge in [-0.2, -0.15) is 13.2 Å². The molecule has 0 spiro atoms. The molecule has 3 aromatic rings. The quantitative estimate of drug-likeness (QED) is 0.478. The summed E-state index contributed by atoms with van der Waals surface area (Å²) in [5.74, 6) is -0.360. The molecule has 1 aliphatic heterocycles. The molecule has 1 aliphatic rings. The van der Waals surface area contributed by atoms with Crippen LogP contribution in [-0.4, -0.2) is 33.8 Å². The number of rotatable bonds is 5. The van der Waals surface area contributed by atoms with Gasteiger partial charge in [0.15, 0.2) is 4.34 Å². The third-order valence-electron chi connectivity index (χ3n) is 4.83. The Morgan fingerprint density at radius 3 is 2.73 bits per heavy atom. The molecular weight excluding hydrogens is 475 g/mol. The number of hydrogen-bond donors (Lipinski definition) is 2. The van der Waals surface area contributed by atoms with Crippen LogP contribution < -0.4 is 15.5 Å². The number of benzene rings is 2. The molecule has 0 unspecified atom stereocenters. The van der Waals surface area contributed by atoms with E-state index in [9.17, 15) is 22.8 Å². The van der Waals surface area contributed by atoms with Crippen molar-refractivity contribution in [3.8, 4) is 0 Å². The van der Waals surface area contributed by atoms with E-state index >= 15 is 0 Å². The lowest BCUT2D eigenvalue weighted by Crippen LogP contribution is -2.40. The number of halogens is 3. The van der Waals surface area contributed by atoms with Gasteiger partial charge in [0.25, 0.3) is 0 Å². The maximum Gasteiger partial charge on any atom is 0.418 e. The number of aromatic nitrogens is 2. The molecule has 2 amide bonds. The van der Waals surface area contributed by atoms with Crippen LogP contribution in [0.2, 0.25) is 0 Å². The van der Waals surface area contributed by atoms with E-state index in [0.717, 1.165) is 29.2 Å². The fourth-order valence-corrected chi connectivity index (χ4v) is 5.06. The zero-order valence-corrected chi connectivity index (χ0v) is 18.9. The molecule has 1 aromatic heterocycles. The zero-order valence-electron chi connectivity index (χ0n) is 17.2. The van der Waals surface area contributed by atoms with Crippen molar-refractivity contribution in [2.24, 2.45) is 0 Å². The predicted molar refractivity (Wildman–Crippen MR) is 122 cm³/mol. The fraction of sp³-hybridized carbons (Fsp3) is 0.238. The second kappa shape index (κ2) is 9.40. The first-order valence-corrected chi connectivity index (χ1v) is 11.6. The smallest absolute Gasteiger partial charge is 0.330 e. The summed E-state index contributed by atoms with van der Waals surface area (Å²) >= 11 is 2.19. The van der Waals surface area contributed by atoms with Gasteiger partial charge in [-0.05, 0) is 31.2 Å². The molecule has 1 atom stereocenters. The van der Waals surface area contributed by atoms with E-state index in [1.165, 1.54) is 18.2 Å². The Morgan fingerprint density at radius 1 is 1.21 bits per heavy atom. The van der Waals surface area contributed by atoms with Crippen LogP contribution in [0, 0.1) is 0 Å². The summed E-state index contributed by atoms with van der Waals surface area (Å²) in [4.78, 5) is 26.7. The molecule has 2 heterocycles. The lowest BCUT2D eigenvalue weighted by atomic mass is 10.2. The number of amides is 2. The van der Waals surface area contributed by atoms with Crippen molar-refractivity contribution in [1.82, 2.24) is 10.2 Å². The van der Waals surface area contributed by atoms with Gasteiger partial charge in [-0.25, -0.2) is 0 Å². The second-order valence-corrected chi connectivity index (χ2v) is 9.41. The van der Waals surface area contributed by atoms with Crippen molar-refractivity contribution < 1.29 is 22.8 Å². The molecule has 0 aliphatic carbocycles. The molecule has 0 fully saturated rings. The minimum absolute atomic E-state index is 0.0284. The van der Waals surface area contributed by atoms with Gasteiger partial charge in [-0.1, -0.05) is 47.4 Å². The normalized spacial score (nSPS) is 16.1. The van der Waals surface area contributed by atoms with Gasteiger partial charge in [0.2, 0.25) is 16.9 Å². The van der Waals surface area contributed by atoms with Gasteiger partial charge in [0.05, 0.1) is 28.4 Å². The van der Waals surface area contributed by atoms with Crippen LogP contribution in [0.5, 0.6) is 0 Å². The minimum atomic E-state index is -4.51. The molecule has 172 valence electrons. The molecule has 0 radical (unpaired) electrons. The van der Waals surface area contributed by atoms with Gasteiger partial charge >= 0.3 is 6.18 Å². The van der Waals surface area contributed by atoms with Crippen LogP contribution in [0.15, 0.2) is 52.9 Å². The fourth-order valence-electron chi connectivity index (χ4n) is 3.43. The van der Waals surface area contributed by atoms with E-state index in [-0.39, 0.29) is 40.8 Å². The largest absolute Gasteiger partial charge is 0.418 e. The SMILES string of the molecule is C[C@@H]1CC(=O)Nc2ccccc2N1C(=O)CSc1nnc(Nc2ccccc2C(F)(F)F)s1. The van der Waals surface area contributed by atoms with Crippen molar-refractivity contribution in [2.45, 2.75) is 29.9 Å². The van der Waals surface area contributed by atoms with Crippen LogP contribution in [0.4, 0.5) is 35.4 Å². The topological polar surface area (TPSA) is 87.2 Å². The Labute approximate surface area is 195 Å². The third kappa shape index (κ3) is 5.28. The van der Waals surface area contributed by atoms with Crippen molar-refractivity contribution in [3.05, 3.63) is 54.1 Å². The molecule has 33 heavy (non-hydrogen) atoms. The van der Waals surface area contributed by atoms with Crippen LogP contribution >= 0.6 is 23.1 Å². The lowest BCUT2D eigenvalue weighted by Gasteiger charge is -2.27. The Bertz CT molecular complexity index is 1180. The summed E-state index contributed by atoms with van der Waals surface area (Å²) in [5.41, 5.74) is 0.253. The minimum Gasteiger partial charge on any atom is -0.330 e. The van der Waals surface area contributed by atoms with E-state index in [4.69, 9.17) is 0 Å². The number of carbonyl (C=O) groups is 2. The summed E-state index contributed by atoms with van der Waals surface area (Å²) in [5, 5.41) is 13.5. The molecule has 2 aromatic carbocycles. The number of nitrogens with one attached hydrogen (secondary N) is 2. The molecule has 0 bridgehead atoms. The molecule has 7 nitrogen and oxygen atoms in total. The third-order valence-corrected chi connectivity index (χ3v) is 6.78. The molecule has 4 rings (SSSR count). The van der Waals surface area contributed by atoms with Gasteiger partial charge in [-0.15, -0.1) is 10.2 Å². The number of carbonyl (C=O) groups excluding carboxylic acids is 2.